The average Bonchev–Trinajstić information content (AvgIpc) is 2.26. The first-order valence-electron chi connectivity index (χ1n) is 6.97. The molecule has 1 aromatic heterocycles. The summed E-state index contributed by atoms with van der Waals surface area (Å²) in [5.74, 6) is -1.58. The lowest BCUT2D eigenvalue weighted by molar-refractivity contribution is -0.138. The highest BCUT2D eigenvalue weighted by molar-refractivity contribution is 5.76. The normalized spacial score (nSPS) is 13.3. The number of hydrogen-bond acceptors (Lipinski definition) is 3. The minimum absolute atomic E-state index is 0.306. The summed E-state index contributed by atoms with van der Waals surface area (Å²) in [7, 11) is 0. The average molecular weight is 280 g/mol. The second kappa shape index (κ2) is 5.77. The largest absolute Gasteiger partial charge is 0.481 e. The number of aromatic nitrogens is 2. The fourth-order valence-corrected chi connectivity index (χ4v) is 2.97. The van der Waals surface area contributed by atoms with Crippen LogP contribution in [0.1, 0.15) is 63.4 Å². The number of nitrogens with zero attached hydrogens (tertiary/aromatic N) is 2. The summed E-state index contributed by atoms with van der Waals surface area (Å²) >= 11 is 0. The van der Waals surface area contributed by atoms with Crippen LogP contribution in [0.2, 0.25) is 0 Å². The van der Waals surface area contributed by atoms with Crippen LogP contribution in [-0.4, -0.2) is 20.6 Å². The molecule has 1 atom stereocenters. The summed E-state index contributed by atoms with van der Waals surface area (Å²) in [5, 5.41) is 9.24. The number of carboxylic acids is 1. The predicted molar refractivity (Wildman–Crippen MR) is 78.3 cm³/mol. The molecule has 1 unspecified atom stereocenters. The Morgan fingerprint density at radius 1 is 1.40 bits per heavy atom. The summed E-state index contributed by atoms with van der Waals surface area (Å²) < 4.78 is 1.64. The third kappa shape index (κ3) is 2.92. The summed E-state index contributed by atoms with van der Waals surface area (Å²) in [6.07, 6.45) is 1.77. The monoisotopic (exact) mass is 280 g/mol. The molecule has 0 aliphatic carbocycles. The second-order valence-corrected chi connectivity index (χ2v) is 5.94. The molecule has 0 amide bonds. The summed E-state index contributed by atoms with van der Waals surface area (Å²) in [6, 6.07) is 0. The molecule has 0 radical (unpaired) electrons. The van der Waals surface area contributed by atoms with Crippen molar-refractivity contribution in [2.24, 2.45) is 0 Å². The van der Waals surface area contributed by atoms with Gasteiger partial charge in [-0.3, -0.25) is 9.36 Å². The Morgan fingerprint density at radius 2 is 1.95 bits per heavy atom. The Balaban J connectivity index is 3.60. The number of carbonyl (C=O) groups is 1. The minimum atomic E-state index is -0.906. The lowest BCUT2D eigenvalue weighted by Crippen LogP contribution is -2.40. The summed E-state index contributed by atoms with van der Waals surface area (Å²) in [5.41, 5.74) is 1.17. The van der Waals surface area contributed by atoms with Gasteiger partial charge in [-0.05, 0) is 41.0 Å². The highest BCUT2D eigenvalue weighted by Gasteiger charge is 2.28. The van der Waals surface area contributed by atoms with Crippen LogP contribution in [-0.2, 0) is 10.3 Å². The molecule has 1 rings (SSSR count). The molecule has 1 heterocycles. The zero-order valence-electron chi connectivity index (χ0n) is 13.1. The van der Waals surface area contributed by atoms with Gasteiger partial charge in [-0.1, -0.05) is 13.3 Å². The number of rotatable bonds is 5. The predicted octanol–water partition coefficient (Wildman–Crippen LogP) is 2.58. The van der Waals surface area contributed by atoms with E-state index in [1.165, 1.54) is 0 Å². The fourth-order valence-electron chi connectivity index (χ4n) is 2.97. The van der Waals surface area contributed by atoms with Crippen LogP contribution >= 0.6 is 0 Å². The van der Waals surface area contributed by atoms with Crippen LogP contribution in [0.4, 0.5) is 0 Å². The first-order valence-corrected chi connectivity index (χ1v) is 6.97. The summed E-state index contributed by atoms with van der Waals surface area (Å²) in [4.78, 5) is 27.5. The maximum absolute atomic E-state index is 12.2. The topological polar surface area (TPSA) is 72.2 Å². The van der Waals surface area contributed by atoms with E-state index in [9.17, 15) is 14.7 Å². The van der Waals surface area contributed by atoms with E-state index >= 15 is 0 Å². The van der Waals surface area contributed by atoms with Crippen molar-refractivity contribution in [1.82, 2.24) is 9.55 Å². The Hall–Kier alpha value is -1.65. The van der Waals surface area contributed by atoms with Gasteiger partial charge in [-0.15, -0.1) is 0 Å². The van der Waals surface area contributed by atoms with E-state index in [0.29, 0.717) is 17.0 Å². The second-order valence-electron chi connectivity index (χ2n) is 5.94. The maximum Gasteiger partial charge on any atom is 0.348 e. The maximum atomic E-state index is 12.2. The van der Waals surface area contributed by atoms with Crippen molar-refractivity contribution in [3.63, 3.8) is 0 Å². The number of hydrogen-bond donors (Lipinski definition) is 1. The first-order chi connectivity index (χ1) is 9.13. The molecule has 1 N–H and O–H groups in total. The molecule has 5 heteroatoms. The molecule has 0 saturated heterocycles. The lowest BCUT2D eigenvalue weighted by Gasteiger charge is -2.31. The first kappa shape index (κ1) is 16.4. The quantitative estimate of drug-likeness (QED) is 0.899. The standard InChI is InChI=1S/C15H24N2O3/c1-7-8-15(5,6)17-11(4)12(9(2)13(18)19)10(3)16-14(17)20/h9H,7-8H2,1-6H3,(H,18,19). The smallest absolute Gasteiger partial charge is 0.348 e. The Morgan fingerprint density at radius 3 is 2.40 bits per heavy atom. The van der Waals surface area contributed by atoms with Gasteiger partial charge in [-0.25, -0.2) is 4.79 Å². The highest BCUT2D eigenvalue weighted by Crippen LogP contribution is 2.27. The number of aliphatic carboxylic acids is 1. The van der Waals surface area contributed by atoms with E-state index in [2.05, 4.69) is 11.9 Å². The molecule has 5 nitrogen and oxygen atoms in total. The molecule has 0 spiro atoms. The molecule has 1 aromatic rings. The van der Waals surface area contributed by atoms with E-state index in [1.54, 1.807) is 18.4 Å². The molecule has 0 aliphatic heterocycles. The zero-order valence-corrected chi connectivity index (χ0v) is 13.1. The summed E-state index contributed by atoms with van der Waals surface area (Å²) in [6.45, 7) is 11.2. The van der Waals surface area contributed by atoms with Crippen LogP contribution in [0, 0.1) is 13.8 Å². The van der Waals surface area contributed by atoms with Gasteiger partial charge >= 0.3 is 11.7 Å². The van der Waals surface area contributed by atoms with E-state index < -0.39 is 11.9 Å². The van der Waals surface area contributed by atoms with Crippen LogP contribution < -0.4 is 5.69 Å². The molecule has 0 aromatic carbocycles. The van der Waals surface area contributed by atoms with E-state index in [1.807, 2.05) is 20.8 Å². The number of carboxylic acid groups (broad SMARTS) is 1. The van der Waals surface area contributed by atoms with Gasteiger partial charge in [-0.2, -0.15) is 4.98 Å². The van der Waals surface area contributed by atoms with Gasteiger partial charge in [0.05, 0.1) is 5.92 Å². The Labute approximate surface area is 119 Å². The van der Waals surface area contributed by atoms with Crippen LogP contribution in [0.5, 0.6) is 0 Å². The molecular weight excluding hydrogens is 256 g/mol. The SMILES string of the molecule is CCCC(C)(C)n1c(C)c(C(C)C(=O)O)c(C)nc1=O. The van der Waals surface area contributed by atoms with Crippen molar-refractivity contribution < 1.29 is 9.90 Å². The molecule has 0 fully saturated rings. The van der Waals surface area contributed by atoms with Gasteiger partial charge in [0, 0.05) is 22.5 Å². The zero-order chi connectivity index (χ0) is 15.7. The molecule has 112 valence electrons. The molecule has 20 heavy (non-hydrogen) atoms. The van der Waals surface area contributed by atoms with Crippen LogP contribution in [0.25, 0.3) is 0 Å². The molecule has 0 bridgehead atoms. The van der Waals surface area contributed by atoms with Crippen molar-refractivity contribution in [3.05, 3.63) is 27.4 Å². The van der Waals surface area contributed by atoms with E-state index in [-0.39, 0.29) is 11.2 Å². The third-order valence-corrected chi connectivity index (χ3v) is 3.84. The Kier molecular flexibility index (Phi) is 4.73. The van der Waals surface area contributed by atoms with Crippen LogP contribution in [0.15, 0.2) is 4.79 Å². The van der Waals surface area contributed by atoms with Crippen molar-refractivity contribution in [3.8, 4) is 0 Å². The fraction of sp³-hybridized carbons (Fsp3) is 0.667. The number of aryl methyl sites for hydroxylation is 1. The third-order valence-electron chi connectivity index (χ3n) is 3.84. The molecule has 0 saturated carbocycles. The van der Waals surface area contributed by atoms with Gasteiger partial charge in [0.2, 0.25) is 0 Å². The van der Waals surface area contributed by atoms with Crippen molar-refractivity contribution in [2.45, 2.75) is 65.8 Å². The van der Waals surface area contributed by atoms with Gasteiger partial charge in [0.25, 0.3) is 0 Å². The minimum Gasteiger partial charge on any atom is -0.481 e. The van der Waals surface area contributed by atoms with Crippen molar-refractivity contribution in [1.29, 1.82) is 0 Å². The van der Waals surface area contributed by atoms with Crippen LogP contribution in [0.3, 0.4) is 0 Å². The van der Waals surface area contributed by atoms with Gasteiger partial charge in [0.15, 0.2) is 0 Å². The van der Waals surface area contributed by atoms with Gasteiger partial charge in [0.1, 0.15) is 0 Å². The highest BCUT2D eigenvalue weighted by atomic mass is 16.4. The van der Waals surface area contributed by atoms with Crippen molar-refractivity contribution >= 4 is 5.97 Å². The molecular formula is C15H24N2O3. The Bertz CT molecular complexity index is 573. The van der Waals surface area contributed by atoms with E-state index in [0.717, 1.165) is 12.8 Å². The van der Waals surface area contributed by atoms with E-state index in [4.69, 9.17) is 0 Å². The molecule has 0 aliphatic rings. The van der Waals surface area contributed by atoms with Crippen molar-refractivity contribution in [2.75, 3.05) is 0 Å². The van der Waals surface area contributed by atoms with Gasteiger partial charge < -0.3 is 5.11 Å². The lowest BCUT2D eigenvalue weighted by atomic mass is 9.94.